The molecule has 1 unspecified atom stereocenters. The van der Waals surface area contributed by atoms with Gasteiger partial charge < -0.3 is 15.0 Å². The fourth-order valence-electron chi connectivity index (χ4n) is 3.03. The Hall–Kier alpha value is -2.12. The van der Waals surface area contributed by atoms with Crippen molar-refractivity contribution in [2.45, 2.75) is 24.0 Å². The van der Waals surface area contributed by atoms with Crippen LogP contribution in [0.5, 0.6) is 5.75 Å². The topological polar surface area (TPSA) is 58.6 Å². The molecule has 0 aliphatic carbocycles. The van der Waals surface area contributed by atoms with E-state index in [0.29, 0.717) is 5.56 Å². The number of hydrogen-bond acceptors (Lipinski definition) is 5. The third kappa shape index (κ3) is 5.70. The van der Waals surface area contributed by atoms with Gasteiger partial charge in [0.2, 0.25) is 5.91 Å². The highest BCUT2D eigenvalue weighted by atomic mass is 32.2. The zero-order chi connectivity index (χ0) is 20.8. The van der Waals surface area contributed by atoms with Crippen LogP contribution in [0.15, 0.2) is 47.4 Å². The van der Waals surface area contributed by atoms with E-state index in [-0.39, 0.29) is 17.1 Å². The van der Waals surface area contributed by atoms with Gasteiger partial charge in [0.25, 0.3) is 5.91 Å². The molecule has 0 radical (unpaired) electrons. The molecule has 2 amide bonds. The van der Waals surface area contributed by atoms with Crippen LogP contribution >= 0.6 is 23.5 Å². The highest BCUT2D eigenvalue weighted by molar-refractivity contribution is 8.00. The summed E-state index contributed by atoms with van der Waals surface area (Å²) in [6, 6.07) is 13.1. The second kappa shape index (κ2) is 10.1. The molecule has 29 heavy (non-hydrogen) atoms. The van der Waals surface area contributed by atoms with Crippen molar-refractivity contribution in [1.29, 1.82) is 0 Å². The fraction of sp³-hybridized carbons (Fsp3) is 0.364. The quantitative estimate of drug-likeness (QED) is 0.692. The van der Waals surface area contributed by atoms with Gasteiger partial charge in [-0.25, -0.2) is 0 Å². The molecule has 1 saturated heterocycles. The summed E-state index contributed by atoms with van der Waals surface area (Å²) < 4.78 is 5.16. The lowest BCUT2D eigenvalue weighted by molar-refractivity contribution is -0.115. The van der Waals surface area contributed by atoms with Gasteiger partial charge >= 0.3 is 0 Å². The molecule has 0 bridgehead atoms. The maximum Gasteiger partial charge on any atom is 0.253 e. The van der Waals surface area contributed by atoms with E-state index in [9.17, 15) is 9.59 Å². The third-order valence-electron chi connectivity index (χ3n) is 4.77. The Morgan fingerprint density at radius 1 is 1.14 bits per heavy atom. The summed E-state index contributed by atoms with van der Waals surface area (Å²) in [5.41, 5.74) is 2.30. The molecule has 1 fully saturated rings. The minimum Gasteiger partial charge on any atom is -0.497 e. The first-order chi connectivity index (χ1) is 14.0. The first kappa shape index (κ1) is 21.6. The summed E-state index contributed by atoms with van der Waals surface area (Å²) in [5.74, 6) is 2.77. The maximum absolute atomic E-state index is 12.7. The molecule has 5 nitrogen and oxygen atoms in total. The number of ether oxygens (including phenoxy) is 1. The molecule has 7 heteroatoms. The SMILES string of the molecule is COc1ccc(SC(C)C(=O)Nc2ccc(C(=O)N3CCSCC3)cc2C)cc1. The highest BCUT2D eigenvalue weighted by Crippen LogP contribution is 2.27. The standard InChI is InChI=1S/C22H26N2O3S2/c1-15-14-17(22(26)24-10-12-28-13-11-24)4-9-20(15)23-21(25)16(2)29-19-7-5-18(27-3)6-8-19/h4-9,14,16H,10-13H2,1-3H3,(H,23,25). The molecule has 1 aliphatic rings. The van der Waals surface area contributed by atoms with E-state index in [4.69, 9.17) is 4.74 Å². The number of rotatable bonds is 6. The van der Waals surface area contributed by atoms with Gasteiger partial charge in [-0.3, -0.25) is 9.59 Å². The Bertz CT molecular complexity index is 865. The van der Waals surface area contributed by atoms with E-state index in [0.717, 1.165) is 46.5 Å². The zero-order valence-electron chi connectivity index (χ0n) is 16.9. The second-order valence-electron chi connectivity index (χ2n) is 6.86. The summed E-state index contributed by atoms with van der Waals surface area (Å²) >= 11 is 3.37. The first-order valence-corrected chi connectivity index (χ1v) is 11.6. The number of carbonyl (C=O) groups is 2. The molecule has 154 valence electrons. The van der Waals surface area contributed by atoms with Crippen LogP contribution in [-0.4, -0.2) is 53.7 Å². The van der Waals surface area contributed by atoms with Gasteiger partial charge in [0, 0.05) is 40.7 Å². The Labute approximate surface area is 180 Å². The van der Waals surface area contributed by atoms with E-state index in [1.54, 1.807) is 13.2 Å². The minimum atomic E-state index is -0.255. The average Bonchev–Trinajstić information content (AvgIpc) is 2.75. The van der Waals surface area contributed by atoms with Crippen LogP contribution in [0.4, 0.5) is 5.69 Å². The summed E-state index contributed by atoms with van der Waals surface area (Å²) in [4.78, 5) is 28.2. The van der Waals surface area contributed by atoms with Gasteiger partial charge in [-0.05, 0) is 61.9 Å². The molecular weight excluding hydrogens is 404 g/mol. The van der Waals surface area contributed by atoms with Crippen molar-refractivity contribution in [2.75, 3.05) is 37.0 Å². The van der Waals surface area contributed by atoms with Gasteiger partial charge in [0.05, 0.1) is 12.4 Å². The van der Waals surface area contributed by atoms with Crippen LogP contribution in [0, 0.1) is 6.92 Å². The van der Waals surface area contributed by atoms with E-state index < -0.39 is 0 Å². The summed E-state index contributed by atoms with van der Waals surface area (Å²) in [6.07, 6.45) is 0. The predicted molar refractivity (Wildman–Crippen MR) is 121 cm³/mol. The zero-order valence-corrected chi connectivity index (χ0v) is 18.6. The lowest BCUT2D eigenvalue weighted by Gasteiger charge is -2.26. The van der Waals surface area contributed by atoms with E-state index in [1.807, 2.05) is 66.9 Å². The Kier molecular flexibility index (Phi) is 7.50. The molecular formula is C22H26N2O3S2. The molecule has 2 aromatic rings. The van der Waals surface area contributed by atoms with Crippen LogP contribution in [-0.2, 0) is 4.79 Å². The normalized spacial score (nSPS) is 14.9. The van der Waals surface area contributed by atoms with Gasteiger partial charge in [-0.2, -0.15) is 11.8 Å². The van der Waals surface area contributed by atoms with Crippen molar-refractivity contribution in [1.82, 2.24) is 4.90 Å². The number of carbonyl (C=O) groups excluding carboxylic acids is 2. The van der Waals surface area contributed by atoms with Crippen LogP contribution in [0.3, 0.4) is 0 Å². The van der Waals surface area contributed by atoms with E-state index >= 15 is 0 Å². The smallest absolute Gasteiger partial charge is 0.253 e. The predicted octanol–water partition coefficient (Wildman–Crippen LogP) is 4.31. The van der Waals surface area contributed by atoms with Crippen molar-refractivity contribution in [3.63, 3.8) is 0 Å². The lowest BCUT2D eigenvalue weighted by atomic mass is 10.1. The largest absolute Gasteiger partial charge is 0.497 e. The molecule has 0 spiro atoms. The Morgan fingerprint density at radius 2 is 1.83 bits per heavy atom. The number of hydrogen-bond donors (Lipinski definition) is 1. The molecule has 3 rings (SSSR count). The maximum atomic E-state index is 12.7. The van der Waals surface area contributed by atoms with Gasteiger partial charge in [0.15, 0.2) is 0 Å². The summed E-state index contributed by atoms with van der Waals surface area (Å²) in [6.45, 7) is 5.38. The van der Waals surface area contributed by atoms with Crippen LogP contribution in [0.25, 0.3) is 0 Å². The molecule has 0 aromatic heterocycles. The van der Waals surface area contributed by atoms with Crippen molar-refractivity contribution in [3.05, 3.63) is 53.6 Å². The third-order valence-corrected chi connectivity index (χ3v) is 6.83. The first-order valence-electron chi connectivity index (χ1n) is 9.57. The Morgan fingerprint density at radius 3 is 2.45 bits per heavy atom. The van der Waals surface area contributed by atoms with E-state index in [2.05, 4.69) is 5.32 Å². The number of thioether (sulfide) groups is 2. The fourth-order valence-corrected chi connectivity index (χ4v) is 4.80. The molecule has 0 saturated carbocycles. The molecule has 1 N–H and O–H groups in total. The van der Waals surface area contributed by atoms with Gasteiger partial charge in [-0.15, -0.1) is 11.8 Å². The lowest BCUT2D eigenvalue weighted by Crippen LogP contribution is -2.37. The van der Waals surface area contributed by atoms with Crippen molar-refractivity contribution < 1.29 is 14.3 Å². The number of nitrogens with zero attached hydrogens (tertiary/aromatic N) is 1. The number of methoxy groups -OCH3 is 1. The van der Waals surface area contributed by atoms with Crippen LogP contribution < -0.4 is 10.1 Å². The van der Waals surface area contributed by atoms with E-state index in [1.165, 1.54) is 11.8 Å². The number of nitrogens with one attached hydrogen (secondary N) is 1. The average molecular weight is 431 g/mol. The number of aryl methyl sites for hydroxylation is 1. The Balaban J connectivity index is 1.61. The number of benzene rings is 2. The number of anilines is 1. The van der Waals surface area contributed by atoms with Gasteiger partial charge in [0.1, 0.15) is 5.75 Å². The molecule has 1 aliphatic heterocycles. The van der Waals surface area contributed by atoms with Crippen LogP contribution in [0.1, 0.15) is 22.8 Å². The summed E-state index contributed by atoms with van der Waals surface area (Å²) in [5, 5.41) is 2.73. The molecule has 1 atom stereocenters. The monoisotopic (exact) mass is 430 g/mol. The minimum absolute atomic E-state index is 0.0645. The highest BCUT2D eigenvalue weighted by Gasteiger charge is 2.20. The second-order valence-corrected chi connectivity index (χ2v) is 9.50. The molecule has 1 heterocycles. The van der Waals surface area contributed by atoms with Crippen molar-refractivity contribution >= 4 is 41.0 Å². The van der Waals surface area contributed by atoms with Crippen molar-refractivity contribution in [3.8, 4) is 5.75 Å². The van der Waals surface area contributed by atoms with Crippen molar-refractivity contribution in [2.24, 2.45) is 0 Å². The summed E-state index contributed by atoms with van der Waals surface area (Å²) in [7, 11) is 1.63. The van der Waals surface area contributed by atoms with Gasteiger partial charge in [-0.1, -0.05) is 0 Å². The number of amides is 2. The van der Waals surface area contributed by atoms with Crippen LogP contribution in [0.2, 0.25) is 0 Å². The molecule has 2 aromatic carbocycles.